The molecule has 2 aromatic heterocycles. The van der Waals surface area contributed by atoms with Crippen molar-refractivity contribution in [2.75, 3.05) is 13.6 Å². The molecule has 0 aliphatic rings. The van der Waals surface area contributed by atoms with E-state index in [0.717, 1.165) is 18.5 Å². The topological polar surface area (TPSA) is 17.0 Å². The van der Waals surface area contributed by atoms with Crippen LogP contribution in [-0.4, -0.2) is 18.2 Å². The maximum Gasteiger partial charge on any atom is 0.132 e. The lowest BCUT2D eigenvalue weighted by Gasteiger charge is -2.19. The number of thiophene rings is 1. The van der Waals surface area contributed by atoms with E-state index >= 15 is 0 Å². The third-order valence-electron chi connectivity index (χ3n) is 3.59. The van der Waals surface area contributed by atoms with Crippen molar-refractivity contribution < 1.29 is 4.39 Å². The molecule has 1 unspecified atom stereocenters. The normalized spacial score (nSPS) is 12.9. The van der Waals surface area contributed by atoms with Crippen LogP contribution in [0.3, 0.4) is 0 Å². The highest BCUT2D eigenvalue weighted by atomic mass is 32.1. The molecule has 0 saturated heterocycles. The molecule has 2 heterocycles. The van der Waals surface area contributed by atoms with E-state index in [9.17, 15) is 4.39 Å². The van der Waals surface area contributed by atoms with Gasteiger partial charge in [0, 0.05) is 16.5 Å². The number of aromatic nitrogens is 1. The molecule has 0 radical (unpaired) electrons. The highest BCUT2D eigenvalue weighted by molar-refractivity contribution is 7.10. The first-order valence-corrected chi connectivity index (χ1v) is 7.62. The van der Waals surface area contributed by atoms with Gasteiger partial charge >= 0.3 is 0 Å². The Bertz CT molecular complexity index is 688. The zero-order valence-corrected chi connectivity index (χ0v) is 12.2. The summed E-state index contributed by atoms with van der Waals surface area (Å²) < 4.78 is 16.0. The molecule has 104 valence electrons. The first-order valence-electron chi connectivity index (χ1n) is 6.74. The third-order valence-corrected chi connectivity index (χ3v) is 4.56. The van der Waals surface area contributed by atoms with E-state index < -0.39 is 0 Å². The average Bonchev–Trinajstić information content (AvgIpc) is 3.10. The molecule has 20 heavy (non-hydrogen) atoms. The Hall–Kier alpha value is -1.65. The molecule has 4 heteroatoms. The molecular formula is C16H17FN2S. The van der Waals surface area contributed by atoms with Crippen molar-refractivity contribution >= 4 is 22.2 Å². The van der Waals surface area contributed by atoms with Gasteiger partial charge in [0.25, 0.3) is 0 Å². The Labute approximate surface area is 121 Å². The van der Waals surface area contributed by atoms with E-state index in [0.29, 0.717) is 5.39 Å². The Kier molecular flexibility index (Phi) is 3.85. The lowest BCUT2D eigenvalue weighted by molar-refractivity contribution is 0.547. The zero-order valence-electron chi connectivity index (χ0n) is 11.3. The fourth-order valence-corrected chi connectivity index (χ4v) is 3.46. The van der Waals surface area contributed by atoms with Crippen LogP contribution in [0.2, 0.25) is 0 Å². The fraction of sp³-hybridized carbons (Fsp3) is 0.250. The minimum absolute atomic E-state index is 0.153. The second-order valence-electron chi connectivity index (χ2n) is 4.82. The number of hydrogen-bond donors (Lipinski definition) is 1. The predicted octanol–water partition coefficient (Wildman–Crippen LogP) is 4.04. The average molecular weight is 288 g/mol. The highest BCUT2D eigenvalue weighted by Gasteiger charge is 2.17. The van der Waals surface area contributed by atoms with Crippen molar-refractivity contribution in [3.63, 3.8) is 0 Å². The van der Waals surface area contributed by atoms with E-state index in [1.807, 2.05) is 25.4 Å². The first-order chi connectivity index (χ1) is 9.81. The van der Waals surface area contributed by atoms with Gasteiger partial charge in [0.1, 0.15) is 5.82 Å². The molecule has 0 aliphatic carbocycles. The maximum atomic E-state index is 13.8. The molecule has 0 saturated carbocycles. The summed E-state index contributed by atoms with van der Waals surface area (Å²) >= 11 is 1.75. The molecule has 3 aromatic rings. The van der Waals surface area contributed by atoms with Gasteiger partial charge in [-0.25, -0.2) is 4.39 Å². The van der Waals surface area contributed by atoms with E-state index in [1.54, 1.807) is 17.4 Å². The van der Waals surface area contributed by atoms with Crippen molar-refractivity contribution in [1.82, 2.24) is 9.88 Å². The number of halogens is 1. The van der Waals surface area contributed by atoms with Crippen molar-refractivity contribution in [1.29, 1.82) is 0 Å². The van der Waals surface area contributed by atoms with Gasteiger partial charge in [0.15, 0.2) is 0 Å². The van der Waals surface area contributed by atoms with Gasteiger partial charge in [-0.15, -0.1) is 11.3 Å². The van der Waals surface area contributed by atoms with E-state index in [2.05, 4.69) is 27.4 Å². The fourth-order valence-electron chi connectivity index (χ4n) is 2.60. The van der Waals surface area contributed by atoms with Crippen molar-refractivity contribution in [2.45, 2.75) is 12.5 Å². The van der Waals surface area contributed by atoms with Gasteiger partial charge in [-0.3, -0.25) is 0 Å². The molecule has 0 bridgehead atoms. The van der Waals surface area contributed by atoms with Crippen LogP contribution in [0.5, 0.6) is 0 Å². The second-order valence-corrected chi connectivity index (χ2v) is 5.80. The number of rotatable bonds is 5. The molecule has 3 rings (SSSR count). The van der Waals surface area contributed by atoms with E-state index in [1.165, 1.54) is 10.9 Å². The van der Waals surface area contributed by atoms with Crippen LogP contribution in [0.1, 0.15) is 17.3 Å². The smallest absolute Gasteiger partial charge is 0.132 e. The van der Waals surface area contributed by atoms with Gasteiger partial charge in [-0.1, -0.05) is 12.1 Å². The summed E-state index contributed by atoms with van der Waals surface area (Å²) in [7, 11) is 1.96. The largest absolute Gasteiger partial charge is 0.339 e. The van der Waals surface area contributed by atoms with Gasteiger partial charge in [-0.2, -0.15) is 0 Å². The Balaban J connectivity index is 2.07. The number of nitrogens with one attached hydrogen (secondary N) is 1. The van der Waals surface area contributed by atoms with Crippen LogP contribution < -0.4 is 5.32 Å². The summed E-state index contributed by atoms with van der Waals surface area (Å²) in [5.74, 6) is -0.153. The summed E-state index contributed by atoms with van der Waals surface area (Å²) in [5.41, 5.74) is 0.958. The lowest BCUT2D eigenvalue weighted by Crippen LogP contribution is -2.16. The number of fused-ring (bicyclic) bond motifs is 1. The van der Waals surface area contributed by atoms with Gasteiger partial charge in [-0.05, 0) is 49.7 Å². The van der Waals surface area contributed by atoms with Crippen LogP contribution in [0.15, 0.2) is 48.0 Å². The van der Waals surface area contributed by atoms with Gasteiger partial charge in [0.2, 0.25) is 0 Å². The number of benzene rings is 1. The van der Waals surface area contributed by atoms with Crippen molar-refractivity contribution in [3.05, 3.63) is 58.7 Å². The first kappa shape index (κ1) is 13.3. The SMILES string of the molecule is CNCCC(c1cccs1)n1ccc2c(F)cccc21. The summed E-state index contributed by atoms with van der Waals surface area (Å²) in [6.45, 7) is 0.928. The molecule has 1 N–H and O–H groups in total. The Morgan fingerprint density at radius 2 is 2.15 bits per heavy atom. The quantitative estimate of drug-likeness (QED) is 0.749. The molecule has 0 spiro atoms. The second kappa shape index (κ2) is 5.77. The van der Waals surface area contributed by atoms with Crippen LogP contribution in [0.25, 0.3) is 10.9 Å². The van der Waals surface area contributed by atoms with Crippen LogP contribution in [0.4, 0.5) is 4.39 Å². The monoisotopic (exact) mass is 288 g/mol. The summed E-state index contributed by atoms with van der Waals surface area (Å²) in [6, 6.07) is 11.6. The minimum atomic E-state index is -0.153. The highest BCUT2D eigenvalue weighted by Crippen LogP contribution is 2.30. The molecule has 2 nitrogen and oxygen atoms in total. The predicted molar refractivity (Wildman–Crippen MR) is 82.9 cm³/mol. The standard InChI is InChI=1S/C16H17FN2S/c1-18-9-7-15(16-6-3-11-20-16)19-10-8-12-13(17)4-2-5-14(12)19/h2-6,8,10-11,15,18H,7,9H2,1H3. The Morgan fingerprint density at radius 1 is 1.25 bits per heavy atom. The summed E-state index contributed by atoms with van der Waals surface area (Å²) in [5, 5.41) is 5.98. The minimum Gasteiger partial charge on any atom is -0.339 e. The summed E-state index contributed by atoms with van der Waals surface area (Å²) in [6.07, 6.45) is 2.98. The molecule has 0 aliphatic heterocycles. The van der Waals surface area contributed by atoms with Crippen molar-refractivity contribution in [2.24, 2.45) is 0 Å². The number of hydrogen-bond acceptors (Lipinski definition) is 2. The van der Waals surface area contributed by atoms with Crippen LogP contribution in [-0.2, 0) is 0 Å². The third kappa shape index (κ3) is 2.37. The van der Waals surface area contributed by atoms with Crippen LogP contribution >= 0.6 is 11.3 Å². The van der Waals surface area contributed by atoms with Crippen molar-refractivity contribution in [3.8, 4) is 0 Å². The summed E-state index contributed by atoms with van der Waals surface area (Å²) in [4.78, 5) is 1.31. The molecule has 0 fully saturated rings. The van der Waals surface area contributed by atoms with E-state index in [-0.39, 0.29) is 11.9 Å². The molecule has 1 atom stereocenters. The van der Waals surface area contributed by atoms with Crippen LogP contribution in [0, 0.1) is 5.82 Å². The lowest BCUT2D eigenvalue weighted by atomic mass is 10.1. The van der Waals surface area contributed by atoms with Gasteiger partial charge in [0.05, 0.1) is 11.6 Å². The van der Waals surface area contributed by atoms with E-state index in [4.69, 9.17) is 0 Å². The number of nitrogens with zero attached hydrogens (tertiary/aromatic N) is 1. The van der Waals surface area contributed by atoms with Gasteiger partial charge < -0.3 is 9.88 Å². The zero-order chi connectivity index (χ0) is 13.9. The maximum absolute atomic E-state index is 13.8. The molecule has 0 amide bonds. The molecular weight excluding hydrogens is 271 g/mol. The Morgan fingerprint density at radius 3 is 2.90 bits per heavy atom. The molecule has 1 aromatic carbocycles.